The Labute approximate surface area is 65.7 Å². The van der Waals surface area contributed by atoms with Crippen LogP contribution in [0.3, 0.4) is 0 Å². The van der Waals surface area contributed by atoms with Gasteiger partial charge < -0.3 is 11.5 Å². The molecule has 0 fully saturated rings. The number of carbonyl (C=O) groups is 1. The first-order chi connectivity index (χ1) is 4.98. The molecule has 4 N–H and O–H groups in total. The number of primary amides is 1. The molecule has 0 heterocycles. The number of rotatable bonds is 5. The minimum atomic E-state index is -3.15. The smallest absolute Gasteiger partial charge is 0.218 e. The van der Waals surface area contributed by atoms with Gasteiger partial charge in [-0.2, -0.15) is 0 Å². The Hall–Kier alpha value is -0.620. The van der Waals surface area contributed by atoms with Crippen LogP contribution in [-0.2, 0) is 14.6 Å². The molecule has 0 spiro atoms. The fourth-order valence-electron chi connectivity index (χ4n) is 0.538. The lowest BCUT2D eigenvalue weighted by atomic mass is 10.5. The highest BCUT2D eigenvalue weighted by molar-refractivity contribution is 7.91. The van der Waals surface area contributed by atoms with E-state index in [1.165, 1.54) is 0 Å². The summed E-state index contributed by atoms with van der Waals surface area (Å²) in [6, 6.07) is 0. The van der Waals surface area contributed by atoms with Crippen molar-refractivity contribution in [3.05, 3.63) is 0 Å². The largest absolute Gasteiger partial charge is 0.370 e. The van der Waals surface area contributed by atoms with Gasteiger partial charge in [-0.3, -0.25) is 4.79 Å². The van der Waals surface area contributed by atoms with Crippen LogP contribution >= 0.6 is 0 Å². The van der Waals surface area contributed by atoms with Crippen molar-refractivity contribution in [2.75, 3.05) is 18.1 Å². The molecule has 0 bridgehead atoms. The van der Waals surface area contributed by atoms with Gasteiger partial charge in [-0.05, 0) is 0 Å². The predicted octanol–water partition coefficient (Wildman–Crippen LogP) is -1.76. The van der Waals surface area contributed by atoms with Gasteiger partial charge in [0, 0.05) is 13.0 Å². The molecule has 66 valence electrons. The second-order valence-corrected chi connectivity index (χ2v) is 4.46. The van der Waals surface area contributed by atoms with Crippen molar-refractivity contribution in [3.63, 3.8) is 0 Å². The van der Waals surface area contributed by atoms with E-state index >= 15 is 0 Å². The van der Waals surface area contributed by atoms with E-state index in [4.69, 9.17) is 11.5 Å². The highest BCUT2D eigenvalue weighted by Gasteiger charge is 2.10. The quantitative estimate of drug-likeness (QED) is 0.522. The number of hydrogen-bond donors (Lipinski definition) is 2. The molecule has 6 heteroatoms. The van der Waals surface area contributed by atoms with Crippen LogP contribution in [0.4, 0.5) is 0 Å². The molecule has 11 heavy (non-hydrogen) atoms. The minimum absolute atomic E-state index is 0.0831. The second-order valence-electron chi connectivity index (χ2n) is 2.16. The number of nitrogens with two attached hydrogens (primary N) is 2. The maximum Gasteiger partial charge on any atom is 0.218 e. The van der Waals surface area contributed by atoms with Crippen molar-refractivity contribution in [1.82, 2.24) is 0 Å². The molecular formula is C5H12N2O3S. The lowest BCUT2D eigenvalue weighted by molar-refractivity contribution is -0.117. The third kappa shape index (κ3) is 5.81. The standard InChI is InChI=1S/C5H12N2O3S/c6-2-4-11(9,10)3-1-5(7)8/h1-4,6H2,(H2,7,8). The van der Waals surface area contributed by atoms with E-state index in [1.54, 1.807) is 0 Å². The van der Waals surface area contributed by atoms with Gasteiger partial charge in [-0.25, -0.2) is 8.42 Å². The molecule has 0 aliphatic heterocycles. The zero-order valence-electron chi connectivity index (χ0n) is 6.12. The summed E-state index contributed by atoms with van der Waals surface area (Å²) in [5, 5.41) is 0. The van der Waals surface area contributed by atoms with Crippen molar-refractivity contribution in [1.29, 1.82) is 0 Å². The monoisotopic (exact) mass is 180 g/mol. The van der Waals surface area contributed by atoms with Crippen LogP contribution in [0.15, 0.2) is 0 Å². The summed E-state index contributed by atoms with van der Waals surface area (Å²) >= 11 is 0. The van der Waals surface area contributed by atoms with Gasteiger partial charge in [-0.15, -0.1) is 0 Å². The van der Waals surface area contributed by atoms with Gasteiger partial charge in [0.1, 0.15) is 0 Å². The molecule has 1 amide bonds. The summed E-state index contributed by atoms with van der Waals surface area (Å²) in [6.45, 7) is 0.0844. The number of sulfone groups is 1. The van der Waals surface area contributed by atoms with Gasteiger partial charge in [0.15, 0.2) is 9.84 Å². The third-order valence-corrected chi connectivity index (χ3v) is 2.77. The second kappa shape index (κ2) is 4.30. The first-order valence-electron chi connectivity index (χ1n) is 3.17. The maximum atomic E-state index is 10.8. The van der Waals surface area contributed by atoms with Crippen molar-refractivity contribution in [2.24, 2.45) is 11.5 Å². The van der Waals surface area contributed by atoms with E-state index in [2.05, 4.69) is 0 Å². The van der Waals surface area contributed by atoms with Crippen molar-refractivity contribution in [3.8, 4) is 0 Å². The Morgan fingerprint density at radius 2 is 1.82 bits per heavy atom. The summed E-state index contributed by atoms with van der Waals surface area (Å²) in [6.07, 6.45) is -0.123. The zero-order chi connectivity index (χ0) is 8.91. The van der Waals surface area contributed by atoms with E-state index in [0.29, 0.717) is 0 Å². The van der Waals surface area contributed by atoms with E-state index in [-0.39, 0.29) is 24.5 Å². The summed E-state index contributed by atoms with van der Waals surface area (Å²) in [4.78, 5) is 10.2. The Bertz CT molecular complexity index is 222. The first kappa shape index (κ1) is 10.4. The molecule has 5 nitrogen and oxygen atoms in total. The van der Waals surface area contributed by atoms with Crippen LogP contribution in [0.25, 0.3) is 0 Å². The molecule has 0 atom stereocenters. The Morgan fingerprint density at radius 3 is 2.18 bits per heavy atom. The van der Waals surface area contributed by atoms with Crippen LogP contribution in [-0.4, -0.2) is 32.4 Å². The highest BCUT2D eigenvalue weighted by Crippen LogP contribution is 1.91. The molecule has 0 saturated carbocycles. The fourth-order valence-corrected chi connectivity index (χ4v) is 1.61. The van der Waals surface area contributed by atoms with E-state index < -0.39 is 15.7 Å². The average Bonchev–Trinajstić information content (AvgIpc) is 1.84. The molecule has 0 unspecified atom stereocenters. The number of carbonyl (C=O) groups excluding carboxylic acids is 1. The zero-order valence-corrected chi connectivity index (χ0v) is 6.93. The molecule has 0 rings (SSSR count). The van der Waals surface area contributed by atoms with Gasteiger partial charge in [0.05, 0.1) is 11.5 Å². The maximum absolute atomic E-state index is 10.8. The van der Waals surface area contributed by atoms with Crippen LogP contribution in [0.5, 0.6) is 0 Å². The van der Waals surface area contributed by atoms with Crippen LogP contribution < -0.4 is 11.5 Å². The predicted molar refractivity (Wildman–Crippen MR) is 41.5 cm³/mol. The van der Waals surface area contributed by atoms with Gasteiger partial charge in [-0.1, -0.05) is 0 Å². The summed E-state index contributed by atoms with van der Waals surface area (Å²) in [5.74, 6) is -0.884. The SMILES string of the molecule is NCCS(=O)(=O)CCC(N)=O. The van der Waals surface area contributed by atoms with Crippen molar-refractivity contribution < 1.29 is 13.2 Å². The van der Waals surface area contributed by atoms with Crippen molar-refractivity contribution >= 4 is 15.7 Å². The lowest BCUT2D eigenvalue weighted by Gasteiger charge is -1.98. The first-order valence-corrected chi connectivity index (χ1v) is 4.99. The fraction of sp³-hybridized carbons (Fsp3) is 0.800. The molecule has 0 aliphatic rings. The van der Waals surface area contributed by atoms with Crippen LogP contribution in [0.2, 0.25) is 0 Å². The molecular weight excluding hydrogens is 168 g/mol. The minimum Gasteiger partial charge on any atom is -0.370 e. The number of hydrogen-bond acceptors (Lipinski definition) is 4. The molecule has 0 radical (unpaired) electrons. The summed E-state index contributed by atoms with van der Waals surface area (Å²) in [7, 11) is -3.15. The summed E-state index contributed by atoms with van der Waals surface area (Å²) in [5.41, 5.74) is 9.79. The normalized spacial score (nSPS) is 11.4. The van der Waals surface area contributed by atoms with Gasteiger partial charge >= 0.3 is 0 Å². The Kier molecular flexibility index (Phi) is 4.06. The van der Waals surface area contributed by atoms with Gasteiger partial charge in [0.25, 0.3) is 0 Å². The molecule has 0 saturated heterocycles. The van der Waals surface area contributed by atoms with Crippen LogP contribution in [0, 0.1) is 0 Å². The van der Waals surface area contributed by atoms with Crippen LogP contribution in [0.1, 0.15) is 6.42 Å². The van der Waals surface area contributed by atoms with E-state index in [9.17, 15) is 13.2 Å². The van der Waals surface area contributed by atoms with Gasteiger partial charge in [0.2, 0.25) is 5.91 Å². The van der Waals surface area contributed by atoms with Crippen molar-refractivity contribution in [2.45, 2.75) is 6.42 Å². The third-order valence-electron chi connectivity index (χ3n) is 1.09. The molecule has 0 aliphatic carbocycles. The lowest BCUT2D eigenvalue weighted by Crippen LogP contribution is -2.22. The summed E-state index contributed by atoms with van der Waals surface area (Å²) < 4.78 is 21.7. The molecule has 0 aromatic rings. The Morgan fingerprint density at radius 1 is 1.27 bits per heavy atom. The number of amides is 1. The molecule has 0 aromatic heterocycles. The topological polar surface area (TPSA) is 103 Å². The highest BCUT2D eigenvalue weighted by atomic mass is 32.2. The molecule has 0 aromatic carbocycles. The van der Waals surface area contributed by atoms with E-state index in [0.717, 1.165) is 0 Å². The van der Waals surface area contributed by atoms with E-state index in [1.807, 2.05) is 0 Å². The Balaban J connectivity index is 3.84. The average molecular weight is 180 g/mol.